The van der Waals surface area contributed by atoms with E-state index in [4.69, 9.17) is 15.3 Å². The highest BCUT2D eigenvalue weighted by Crippen LogP contribution is 2.33. The van der Waals surface area contributed by atoms with Crippen molar-refractivity contribution in [2.75, 3.05) is 6.61 Å². The average molecular weight is 259 g/mol. The van der Waals surface area contributed by atoms with Crippen molar-refractivity contribution in [3.63, 3.8) is 0 Å². The number of alkyl halides is 1. The van der Waals surface area contributed by atoms with Crippen LogP contribution in [0.15, 0.2) is 0 Å². The summed E-state index contributed by atoms with van der Waals surface area (Å²) >= 11 is 2.82. The lowest BCUT2D eigenvalue weighted by Gasteiger charge is -2.42. The molecule has 5 atom stereocenters. The van der Waals surface area contributed by atoms with Gasteiger partial charge in [0, 0.05) is 0 Å². The van der Waals surface area contributed by atoms with Gasteiger partial charge in [-0.15, -0.1) is 0 Å². The predicted octanol–water partition coefficient (Wildman–Crippen LogP) is -2.50. The SMILES string of the molecule is OC[C@@]1(Br)O[C@H](O)[C@H](O)[C@@H](O)[C@H]1O. The van der Waals surface area contributed by atoms with Crippen LogP contribution >= 0.6 is 15.9 Å². The summed E-state index contributed by atoms with van der Waals surface area (Å²) < 4.78 is 3.05. The highest BCUT2D eigenvalue weighted by molar-refractivity contribution is 9.10. The first kappa shape index (κ1) is 11.3. The lowest BCUT2D eigenvalue weighted by molar-refractivity contribution is -0.296. The number of hydrogen-bond acceptors (Lipinski definition) is 6. The minimum Gasteiger partial charge on any atom is -0.392 e. The van der Waals surface area contributed by atoms with E-state index in [1.807, 2.05) is 0 Å². The standard InChI is InChI=1S/C6H11BrO6/c7-6(1-8)4(11)2(9)3(10)5(12)13-6/h2-5,8-12H,1H2/t2-,3-,4-,5+,6-/m1/s1. The molecular formula is C6H11BrO6. The molecular weight excluding hydrogens is 248 g/mol. The van der Waals surface area contributed by atoms with Crippen LogP contribution in [0.4, 0.5) is 0 Å². The summed E-state index contributed by atoms with van der Waals surface area (Å²) in [5.41, 5.74) is 0. The first-order chi connectivity index (χ1) is 5.92. The molecule has 0 spiro atoms. The topological polar surface area (TPSA) is 110 Å². The fraction of sp³-hybridized carbons (Fsp3) is 1.00. The van der Waals surface area contributed by atoms with Crippen molar-refractivity contribution in [1.82, 2.24) is 0 Å². The molecule has 0 bridgehead atoms. The molecule has 0 aliphatic carbocycles. The summed E-state index contributed by atoms with van der Waals surface area (Å²) in [5, 5.41) is 45.4. The second kappa shape index (κ2) is 3.77. The van der Waals surface area contributed by atoms with Gasteiger partial charge in [0.15, 0.2) is 10.8 Å². The molecule has 1 aliphatic rings. The van der Waals surface area contributed by atoms with Crippen molar-refractivity contribution in [3.8, 4) is 0 Å². The number of aliphatic hydroxyl groups is 5. The summed E-state index contributed by atoms with van der Waals surface area (Å²) in [6, 6.07) is 0. The quantitative estimate of drug-likeness (QED) is 0.333. The van der Waals surface area contributed by atoms with Crippen LogP contribution in [-0.2, 0) is 4.74 Å². The molecule has 1 fully saturated rings. The Morgan fingerprint density at radius 1 is 1.15 bits per heavy atom. The van der Waals surface area contributed by atoms with Crippen molar-refractivity contribution < 1.29 is 30.3 Å². The number of aliphatic hydroxyl groups excluding tert-OH is 5. The lowest BCUT2D eigenvalue weighted by Crippen LogP contribution is -2.63. The van der Waals surface area contributed by atoms with Gasteiger partial charge >= 0.3 is 0 Å². The van der Waals surface area contributed by atoms with Crippen LogP contribution < -0.4 is 0 Å². The second-order valence-corrected chi connectivity index (χ2v) is 4.22. The van der Waals surface area contributed by atoms with Crippen LogP contribution in [0.5, 0.6) is 0 Å². The molecule has 0 saturated carbocycles. The molecule has 0 radical (unpaired) electrons. The van der Waals surface area contributed by atoms with Gasteiger partial charge < -0.3 is 30.3 Å². The lowest BCUT2D eigenvalue weighted by atomic mass is 9.99. The number of hydrogen-bond donors (Lipinski definition) is 5. The maximum atomic E-state index is 9.33. The maximum absolute atomic E-state index is 9.33. The Bertz CT molecular complexity index is 190. The second-order valence-electron chi connectivity index (χ2n) is 2.88. The third kappa shape index (κ3) is 1.86. The Morgan fingerprint density at radius 2 is 1.69 bits per heavy atom. The Hall–Kier alpha value is 0.240. The van der Waals surface area contributed by atoms with E-state index in [-0.39, 0.29) is 0 Å². The molecule has 5 N–H and O–H groups in total. The van der Waals surface area contributed by atoms with Gasteiger partial charge in [-0.1, -0.05) is 0 Å². The van der Waals surface area contributed by atoms with E-state index in [0.717, 1.165) is 0 Å². The van der Waals surface area contributed by atoms with Gasteiger partial charge in [0.05, 0.1) is 6.61 Å². The molecule has 7 heteroatoms. The Morgan fingerprint density at radius 3 is 2.15 bits per heavy atom. The van der Waals surface area contributed by atoms with E-state index in [0.29, 0.717) is 0 Å². The normalized spacial score (nSPS) is 52.2. The van der Waals surface area contributed by atoms with Gasteiger partial charge in [-0.2, -0.15) is 0 Å². The molecule has 0 unspecified atom stereocenters. The molecule has 1 rings (SSSR count). The van der Waals surface area contributed by atoms with Crippen molar-refractivity contribution in [2.45, 2.75) is 29.1 Å². The number of rotatable bonds is 1. The van der Waals surface area contributed by atoms with Gasteiger partial charge in [-0.3, -0.25) is 0 Å². The molecule has 6 nitrogen and oxygen atoms in total. The molecule has 1 heterocycles. The van der Waals surface area contributed by atoms with Crippen LogP contribution in [0.2, 0.25) is 0 Å². The first-order valence-electron chi connectivity index (χ1n) is 3.62. The Balaban J connectivity index is 2.82. The summed E-state index contributed by atoms with van der Waals surface area (Å²) in [5.74, 6) is 0. The smallest absolute Gasteiger partial charge is 0.185 e. The zero-order chi connectivity index (χ0) is 10.2. The number of ether oxygens (including phenoxy) is 1. The molecule has 0 aromatic rings. The molecule has 78 valence electrons. The van der Waals surface area contributed by atoms with E-state index in [2.05, 4.69) is 20.7 Å². The third-order valence-corrected chi connectivity index (χ3v) is 2.85. The summed E-state index contributed by atoms with van der Waals surface area (Å²) in [4.78, 5) is 0. The van der Waals surface area contributed by atoms with Crippen LogP contribution in [0, 0.1) is 0 Å². The van der Waals surface area contributed by atoms with E-state index in [1.165, 1.54) is 0 Å². The van der Waals surface area contributed by atoms with Gasteiger partial charge in [0.2, 0.25) is 0 Å². The summed E-state index contributed by atoms with van der Waals surface area (Å²) in [6.07, 6.45) is -6.33. The summed E-state index contributed by atoms with van der Waals surface area (Å²) in [7, 11) is 0. The molecule has 13 heavy (non-hydrogen) atoms. The maximum Gasteiger partial charge on any atom is 0.185 e. The van der Waals surface area contributed by atoms with E-state index in [9.17, 15) is 10.2 Å². The fourth-order valence-electron chi connectivity index (χ4n) is 1.08. The van der Waals surface area contributed by atoms with Crippen LogP contribution in [0.25, 0.3) is 0 Å². The Labute approximate surface area is 82.5 Å². The van der Waals surface area contributed by atoms with Crippen LogP contribution in [0.3, 0.4) is 0 Å². The average Bonchev–Trinajstić information content (AvgIpc) is 2.12. The zero-order valence-electron chi connectivity index (χ0n) is 6.54. The van der Waals surface area contributed by atoms with Crippen molar-refractivity contribution in [2.24, 2.45) is 0 Å². The van der Waals surface area contributed by atoms with E-state index < -0.39 is 35.7 Å². The van der Waals surface area contributed by atoms with Gasteiger partial charge in [-0.05, 0) is 15.9 Å². The fourth-order valence-corrected chi connectivity index (χ4v) is 1.54. The van der Waals surface area contributed by atoms with Crippen LogP contribution in [0.1, 0.15) is 0 Å². The monoisotopic (exact) mass is 258 g/mol. The summed E-state index contributed by atoms with van der Waals surface area (Å²) in [6.45, 7) is -0.644. The van der Waals surface area contributed by atoms with E-state index in [1.54, 1.807) is 0 Å². The zero-order valence-corrected chi connectivity index (χ0v) is 8.12. The van der Waals surface area contributed by atoms with Crippen molar-refractivity contribution >= 4 is 15.9 Å². The minimum atomic E-state index is -1.65. The molecule has 0 aromatic carbocycles. The van der Waals surface area contributed by atoms with Gasteiger partial charge in [0.1, 0.15) is 18.3 Å². The molecule has 0 aromatic heterocycles. The number of halogens is 1. The highest BCUT2D eigenvalue weighted by Gasteiger charge is 2.51. The highest BCUT2D eigenvalue weighted by atomic mass is 79.9. The minimum absolute atomic E-state index is 0.644. The van der Waals surface area contributed by atoms with E-state index >= 15 is 0 Å². The first-order valence-corrected chi connectivity index (χ1v) is 4.41. The van der Waals surface area contributed by atoms with Gasteiger partial charge in [0.25, 0.3) is 0 Å². The largest absolute Gasteiger partial charge is 0.392 e. The predicted molar refractivity (Wildman–Crippen MR) is 43.9 cm³/mol. The van der Waals surface area contributed by atoms with Crippen LogP contribution in [-0.4, -0.2) is 61.3 Å². The van der Waals surface area contributed by atoms with Crippen molar-refractivity contribution in [1.29, 1.82) is 0 Å². The van der Waals surface area contributed by atoms with Crippen molar-refractivity contribution in [3.05, 3.63) is 0 Å². The third-order valence-electron chi connectivity index (χ3n) is 1.94. The Kier molecular flexibility index (Phi) is 3.29. The molecule has 0 amide bonds. The molecule has 1 aliphatic heterocycles. The molecule has 1 saturated heterocycles. The van der Waals surface area contributed by atoms with Gasteiger partial charge in [-0.25, -0.2) is 0 Å².